The SMILES string of the molecule is CN(CC(=O)c1c(Cl)cc(F)cc1Cl)C1CCC(C)(C)CC1. The third-order valence-electron chi connectivity index (χ3n) is 4.61. The average Bonchev–Trinajstić information content (AvgIpc) is 2.36. The smallest absolute Gasteiger partial charge is 0.179 e. The Morgan fingerprint density at radius 3 is 2.27 bits per heavy atom. The van der Waals surface area contributed by atoms with Crippen LogP contribution in [0.4, 0.5) is 4.39 Å². The minimum Gasteiger partial charge on any atom is -0.296 e. The topological polar surface area (TPSA) is 20.3 Å². The minimum absolute atomic E-state index is 0.0770. The molecule has 0 atom stereocenters. The van der Waals surface area contributed by atoms with Gasteiger partial charge in [-0.3, -0.25) is 9.69 Å². The van der Waals surface area contributed by atoms with Gasteiger partial charge in [0.2, 0.25) is 0 Å². The van der Waals surface area contributed by atoms with Gasteiger partial charge in [0, 0.05) is 6.04 Å². The monoisotopic (exact) mass is 345 g/mol. The van der Waals surface area contributed by atoms with Crippen molar-refractivity contribution in [2.24, 2.45) is 5.41 Å². The van der Waals surface area contributed by atoms with Gasteiger partial charge in [-0.05, 0) is 50.3 Å². The molecule has 1 saturated carbocycles. The number of nitrogens with zero attached hydrogens (tertiary/aromatic N) is 1. The minimum atomic E-state index is -0.533. The second kappa shape index (κ2) is 6.86. The molecule has 0 amide bonds. The first kappa shape index (κ1) is 17.7. The fraction of sp³-hybridized carbons (Fsp3) is 0.588. The van der Waals surface area contributed by atoms with Gasteiger partial charge in [-0.25, -0.2) is 4.39 Å². The summed E-state index contributed by atoms with van der Waals surface area (Å²) in [6.45, 7) is 4.81. The van der Waals surface area contributed by atoms with Crippen LogP contribution >= 0.6 is 23.2 Å². The summed E-state index contributed by atoms with van der Waals surface area (Å²) in [5.41, 5.74) is 0.609. The maximum atomic E-state index is 13.2. The first-order valence-corrected chi connectivity index (χ1v) is 8.33. The Labute approximate surface area is 141 Å². The molecule has 1 aromatic carbocycles. The molecule has 1 aromatic rings. The maximum absolute atomic E-state index is 13.2. The normalized spacial score (nSPS) is 18.7. The fourth-order valence-electron chi connectivity index (χ4n) is 3.07. The van der Waals surface area contributed by atoms with Crippen LogP contribution in [0.3, 0.4) is 0 Å². The summed E-state index contributed by atoms with van der Waals surface area (Å²) in [7, 11) is 1.95. The van der Waals surface area contributed by atoms with Crippen molar-refractivity contribution in [2.45, 2.75) is 45.6 Å². The Morgan fingerprint density at radius 2 is 1.77 bits per heavy atom. The van der Waals surface area contributed by atoms with Crippen LogP contribution in [0, 0.1) is 11.2 Å². The molecule has 0 saturated heterocycles. The van der Waals surface area contributed by atoms with Gasteiger partial charge in [0.15, 0.2) is 5.78 Å². The van der Waals surface area contributed by atoms with E-state index in [1.165, 1.54) is 0 Å². The Morgan fingerprint density at radius 1 is 1.27 bits per heavy atom. The molecule has 1 aliphatic rings. The highest BCUT2D eigenvalue weighted by Gasteiger charge is 2.30. The van der Waals surface area contributed by atoms with E-state index in [0.717, 1.165) is 37.8 Å². The van der Waals surface area contributed by atoms with Crippen LogP contribution in [-0.4, -0.2) is 30.3 Å². The molecule has 1 aliphatic carbocycles. The van der Waals surface area contributed by atoms with Crippen LogP contribution in [0.25, 0.3) is 0 Å². The Bertz CT molecular complexity index is 541. The number of carbonyl (C=O) groups excluding carboxylic acids is 1. The summed E-state index contributed by atoms with van der Waals surface area (Å²) in [6.07, 6.45) is 4.49. The zero-order chi connectivity index (χ0) is 16.5. The summed E-state index contributed by atoms with van der Waals surface area (Å²) >= 11 is 11.9. The number of likely N-dealkylation sites (N-methyl/N-ethyl adjacent to an activating group) is 1. The molecule has 122 valence electrons. The first-order valence-electron chi connectivity index (χ1n) is 7.57. The molecular weight excluding hydrogens is 324 g/mol. The lowest BCUT2D eigenvalue weighted by Gasteiger charge is -2.38. The fourth-order valence-corrected chi connectivity index (χ4v) is 3.74. The van der Waals surface area contributed by atoms with E-state index in [9.17, 15) is 9.18 Å². The summed E-state index contributed by atoms with van der Waals surface area (Å²) in [6, 6.07) is 2.66. The number of rotatable bonds is 4. The van der Waals surface area contributed by atoms with Crippen LogP contribution in [0.15, 0.2) is 12.1 Å². The Kier molecular flexibility index (Phi) is 5.52. The van der Waals surface area contributed by atoms with Crippen molar-refractivity contribution in [3.05, 3.63) is 33.6 Å². The molecule has 0 unspecified atom stereocenters. The highest BCUT2D eigenvalue weighted by atomic mass is 35.5. The summed E-state index contributed by atoms with van der Waals surface area (Å²) < 4.78 is 13.2. The third-order valence-corrected chi connectivity index (χ3v) is 5.21. The highest BCUT2D eigenvalue weighted by molar-refractivity contribution is 6.39. The number of benzene rings is 1. The number of Topliss-reactive ketones (excluding diaryl/α,β-unsaturated/α-hetero) is 1. The molecule has 0 radical (unpaired) electrons. The molecule has 0 spiro atoms. The van der Waals surface area contributed by atoms with E-state index in [1.807, 2.05) is 7.05 Å². The van der Waals surface area contributed by atoms with E-state index in [0.29, 0.717) is 11.5 Å². The van der Waals surface area contributed by atoms with Crippen molar-refractivity contribution in [1.82, 2.24) is 4.90 Å². The highest BCUT2D eigenvalue weighted by Crippen LogP contribution is 2.36. The molecular formula is C17H22Cl2FNO. The van der Waals surface area contributed by atoms with Gasteiger partial charge < -0.3 is 0 Å². The van der Waals surface area contributed by atoms with Gasteiger partial charge >= 0.3 is 0 Å². The van der Waals surface area contributed by atoms with Crippen molar-refractivity contribution in [1.29, 1.82) is 0 Å². The molecule has 0 aromatic heterocycles. The Balaban J connectivity index is 2.03. The lowest BCUT2D eigenvalue weighted by molar-refractivity contribution is 0.0852. The average molecular weight is 346 g/mol. The van der Waals surface area contributed by atoms with E-state index in [2.05, 4.69) is 18.7 Å². The van der Waals surface area contributed by atoms with E-state index in [4.69, 9.17) is 23.2 Å². The molecule has 0 heterocycles. The van der Waals surface area contributed by atoms with Crippen molar-refractivity contribution in [2.75, 3.05) is 13.6 Å². The maximum Gasteiger partial charge on any atom is 0.179 e. The van der Waals surface area contributed by atoms with Gasteiger partial charge in [-0.2, -0.15) is 0 Å². The van der Waals surface area contributed by atoms with Gasteiger partial charge in [-0.1, -0.05) is 37.0 Å². The van der Waals surface area contributed by atoms with Gasteiger partial charge in [-0.15, -0.1) is 0 Å². The molecule has 5 heteroatoms. The molecule has 2 rings (SSSR count). The van der Waals surface area contributed by atoms with Crippen molar-refractivity contribution < 1.29 is 9.18 Å². The summed E-state index contributed by atoms with van der Waals surface area (Å²) in [5, 5.41) is 0.154. The van der Waals surface area contributed by atoms with Crippen molar-refractivity contribution in [3.8, 4) is 0 Å². The van der Waals surface area contributed by atoms with Crippen LogP contribution in [-0.2, 0) is 0 Å². The number of hydrogen-bond donors (Lipinski definition) is 0. The van der Waals surface area contributed by atoms with Crippen LogP contribution < -0.4 is 0 Å². The van der Waals surface area contributed by atoms with Crippen LogP contribution in [0.5, 0.6) is 0 Å². The molecule has 0 N–H and O–H groups in total. The van der Waals surface area contributed by atoms with Gasteiger partial charge in [0.25, 0.3) is 0 Å². The predicted molar refractivity (Wildman–Crippen MR) is 89.4 cm³/mol. The van der Waals surface area contributed by atoms with Crippen LogP contribution in [0.2, 0.25) is 10.0 Å². The van der Waals surface area contributed by atoms with E-state index < -0.39 is 5.82 Å². The molecule has 0 aliphatic heterocycles. The molecule has 1 fully saturated rings. The summed E-state index contributed by atoms with van der Waals surface area (Å²) in [5.74, 6) is -0.697. The zero-order valence-electron chi connectivity index (χ0n) is 13.3. The standard InChI is InChI=1S/C17H22Cl2FNO/c1-17(2)6-4-12(5-7-17)21(3)10-15(22)16-13(18)8-11(20)9-14(16)19/h8-9,12H,4-7,10H2,1-3H3. The quantitative estimate of drug-likeness (QED) is 0.697. The first-order chi connectivity index (χ1) is 10.2. The lowest BCUT2D eigenvalue weighted by atomic mass is 9.75. The zero-order valence-corrected chi connectivity index (χ0v) is 14.8. The summed E-state index contributed by atoms with van der Waals surface area (Å²) in [4.78, 5) is 14.5. The van der Waals surface area contributed by atoms with Crippen molar-refractivity contribution >= 4 is 29.0 Å². The Hall–Kier alpha value is -0.640. The van der Waals surface area contributed by atoms with Crippen molar-refractivity contribution in [3.63, 3.8) is 0 Å². The second-order valence-corrected chi connectivity index (χ2v) is 7.79. The van der Waals surface area contributed by atoms with E-state index in [1.54, 1.807) is 0 Å². The number of hydrogen-bond acceptors (Lipinski definition) is 2. The number of halogens is 3. The predicted octanol–water partition coefficient (Wildman–Crippen LogP) is 5.22. The lowest BCUT2D eigenvalue weighted by Crippen LogP contribution is -2.40. The van der Waals surface area contributed by atoms with Gasteiger partial charge in [0.1, 0.15) is 5.82 Å². The second-order valence-electron chi connectivity index (χ2n) is 6.98. The molecule has 2 nitrogen and oxygen atoms in total. The third kappa shape index (κ3) is 4.21. The largest absolute Gasteiger partial charge is 0.296 e. The van der Waals surface area contributed by atoms with Crippen LogP contribution in [0.1, 0.15) is 49.9 Å². The number of carbonyl (C=O) groups is 1. The number of ketones is 1. The van der Waals surface area contributed by atoms with E-state index in [-0.39, 0.29) is 27.9 Å². The molecule has 22 heavy (non-hydrogen) atoms. The molecule has 0 bridgehead atoms. The van der Waals surface area contributed by atoms with E-state index >= 15 is 0 Å². The van der Waals surface area contributed by atoms with Gasteiger partial charge in [0.05, 0.1) is 22.2 Å².